The lowest BCUT2D eigenvalue weighted by Crippen LogP contribution is -1.86. The van der Waals surface area contributed by atoms with Crippen molar-refractivity contribution in [2.45, 2.75) is 0 Å². The van der Waals surface area contributed by atoms with Crippen LogP contribution in [-0.4, -0.2) is 15.0 Å². The molecule has 0 amide bonds. The summed E-state index contributed by atoms with van der Waals surface area (Å²) in [5.41, 5.74) is 1.94. The summed E-state index contributed by atoms with van der Waals surface area (Å²) in [6, 6.07) is 23.8. The van der Waals surface area contributed by atoms with E-state index in [1.54, 1.807) is 24.3 Å². The highest BCUT2D eigenvalue weighted by molar-refractivity contribution is 5.47. The molecule has 0 spiro atoms. The number of phenolic OH excluding ortho intramolecular Hbond substituents is 1. The first-order chi connectivity index (χ1) is 17.3. The summed E-state index contributed by atoms with van der Waals surface area (Å²) < 4.78 is 0. The first kappa shape index (κ1) is 25.1. The van der Waals surface area contributed by atoms with Crippen LogP contribution < -0.4 is 5.11 Å². The minimum atomic E-state index is -0.484. The number of phenols is 1. The smallest absolute Gasteiger partial charge is 0.269 e. The summed E-state index contributed by atoms with van der Waals surface area (Å²) in [6.07, 6.45) is 0. The molecule has 180 valence electrons. The third-order valence-corrected chi connectivity index (χ3v) is 4.33. The van der Waals surface area contributed by atoms with E-state index in [1.165, 1.54) is 72.8 Å². The van der Waals surface area contributed by atoms with Gasteiger partial charge in [0, 0.05) is 30.3 Å². The Morgan fingerprint density at radius 2 is 0.972 bits per heavy atom. The summed E-state index contributed by atoms with van der Waals surface area (Å²) >= 11 is 0. The van der Waals surface area contributed by atoms with Crippen molar-refractivity contribution >= 4 is 34.1 Å². The van der Waals surface area contributed by atoms with E-state index in [0.29, 0.717) is 22.7 Å². The molecule has 4 rings (SSSR count). The first-order valence-electron chi connectivity index (χ1n) is 10.2. The number of aromatic hydroxyl groups is 1. The predicted molar refractivity (Wildman–Crippen MR) is 129 cm³/mol. The second-order valence-corrected chi connectivity index (χ2v) is 6.96. The third kappa shape index (κ3) is 7.81. The molecule has 4 aromatic carbocycles. The molecule has 0 radical (unpaired) electrons. The Hall–Kier alpha value is -5.52. The molecule has 0 saturated heterocycles. The van der Waals surface area contributed by atoms with Gasteiger partial charge in [0.2, 0.25) is 0 Å². The summed E-state index contributed by atoms with van der Waals surface area (Å²) in [7, 11) is 0. The second-order valence-electron chi connectivity index (χ2n) is 6.96. The molecule has 0 atom stereocenters. The zero-order valence-corrected chi connectivity index (χ0v) is 18.4. The van der Waals surface area contributed by atoms with Crippen molar-refractivity contribution in [2.75, 3.05) is 0 Å². The number of nitro benzene ring substituents is 2. The van der Waals surface area contributed by atoms with Gasteiger partial charge in [0.1, 0.15) is 5.75 Å². The van der Waals surface area contributed by atoms with Crippen LogP contribution in [0.2, 0.25) is 0 Å². The Kier molecular flexibility index (Phi) is 8.43. The largest absolute Gasteiger partial charge is 0.872 e. The summed E-state index contributed by atoms with van der Waals surface area (Å²) in [6.45, 7) is 0. The summed E-state index contributed by atoms with van der Waals surface area (Å²) in [4.78, 5) is 19.9. The van der Waals surface area contributed by atoms with Gasteiger partial charge in [0.15, 0.2) is 0 Å². The van der Waals surface area contributed by atoms with Crippen LogP contribution in [0.15, 0.2) is 118 Å². The second kappa shape index (κ2) is 12.1. The van der Waals surface area contributed by atoms with Crippen molar-refractivity contribution in [1.82, 2.24) is 0 Å². The molecule has 0 fully saturated rings. The summed E-state index contributed by atoms with van der Waals surface area (Å²) in [5.74, 6) is -0.0368. The van der Waals surface area contributed by atoms with Crippen molar-refractivity contribution in [3.63, 3.8) is 0 Å². The zero-order valence-electron chi connectivity index (χ0n) is 18.4. The standard InChI is InChI=1S/2C12H9N3O3/c2*16-12-3-1-2-10(8-12)14-13-9-4-6-11(7-5-9)15(17)18/h2*1-8,16H/p-1. The van der Waals surface area contributed by atoms with E-state index < -0.39 is 9.85 Å². The Labute approximate surface area is 203 Å². The maximum Gasteiger partial charge on any atom is 0.269 e. The minimum Gasteiger partial charge on any atom is -0.872 e. The van der Waals surface area contributed by atoms with Crippen LogP contribution in [0.3, 0.4) is 0 Å². The van der Waals surface area contributed by atoms with Crippen molar-refractivity contribution in [3.8, 4) is 11.5 Å². The fraction of sp³-hybridized carbons (Fsp3) is 0. The Balaban J connectivity index is 0.000000201. The van der Waals surface area contributed by atoms with E-state index in [-0.39, 0.29) is 22.9 Å². The van der Waals surface area contributed by atoms with E-state index in [4.69, 9.17) is 0 Å². The number of hydrogen-bond acceptors (Lipinski definition) is 10. The van der Waals surface area contributed by atoms with Crippen molar-refractivity contribution in [2.24, 2.45) is 20.5 Å². The lowest BCUT2D eigenvalue weighted by atomic mass is 10.3. The van der Waals surface area contributed by atoms with Gasteiger partial charge >= 0.3 is 0 Å². The normalized spacial score (nSPS) is 10.7. The molecule has 0 aliphatic rings. The number of nitrogens with zero attached hydrogens (tertiary/aromatic N) is 6. The quantitative estimate of drug-likeness (QED) is 0.178. The number of non-ortho nitro benzene ring substituents is 2. The number of benzene rings is 4. The van der Waals surface area contributed by atoms with Crippen LogP contribution in [0.4, 0.5) is 34.1 Å². The monoisotopic (exact) mass is 485 g/mol. The fourth-order valence-electron chi connectivity index (χ4n) is 2.61. The minimum absolute atomic E-state index is 0.00416. The van der Waals surface area contributed by atoms with E-state index >= 15 is 0 Å². The van der Waals surface area contributed by atoms with Gasteiger partial charge in [-0.3, -0.25) is 20.2 Å². The van der Waals surface area contributed by atoms with Crippen molar-refractivity contribution in [3.05, 3.63) is 117 Å². The van der Waals surface area contributed by atoms with E-state index in [1.807, 2.05) is 0 Å². The maximum atomic E-state index is 11.0. The van der Waals surface area contributed by atoms with Gasteiger partial charge in [-0.1, -0.05) is 18.2 Å². The molecule has 4 aromatic rings. The lowest BCUT2D eigenvalue weighted by molar-refractivity contribution is -0.385. The van der Waals surface area contributed by atoms with Gasteiger partial charge in [-0.15, -0.1) is 5.75 Å². The van der Waals surface area contributed by atoms with Crippen LogP contribution in [0.1, 0.15) is 0 Å². The lowest BCUT2D eigenvalue weighted by Gasteiger charge is -2.02. The van der Waals surface area contributed by atoms with Crippen LogP contribution in [0.5, 0.6) is 11.5 Å². The molecular weight excluding hydrogens is 468 g/mol. The van der Waals surface area contributed by atoms with Crippen LogP contribution in [0.25, 0.3) is 0 Å². The average molecular weight is 485 g/mol. The number of rotatable bonds is 6. The maximum absolute atomic E-state index is 11.0. The first-order valence-corrected chi connectivity index (χ1v) is 10.2. The predicted octanol–water partition coefficient (Wildman–Crippen LogP) is 6.80. The molecule has 0 unspecified atom stereocenters. The Morgan fingerprint density at radius 1 is 0.556 bits per heavy atom. The van der Waals surface area contributed by atoms with Crippen LogP contribution in [0, 0.1) is 20.2 Å². The molecular formula is C24H17N6O6-. The van der Waals surface area contributed by atoms with Gasteiger partial charge in [-0.05, 0) is 48.5 Å². The third-order valence-electron chi connectivity index (χ3n) is 4.33. The highest BCUT2D eigenvalue weighted by Gasteiger charge is 2.04. The molecule has 12 nitrogen and oxygen atoms in total. The highest BCUT2D eigenvalue weighted by Crippen LogP contribution is 2.24. The number of hydrogen-bond donors (Lipinski definition) is 1. The van der Waals surface area contributed by atoms with Crippen molar-refractivity contribution in [1.29, 1.82) is 0 Å². The molecule has 0 aliphatic carbocycles. The van der Waals surface area contributed by atoms with Crippen molar-refractivity contribution < 1.29 is 20.1 Å². The van der Waals surface area contributed by atoms with Gasteiger partial charge in [0.05, 0.1) is 32.6 Å². The van der Waals surface area contributed by atoms with E-state index in [2.05, 4.69) is 20.5 Å². The van der Waals surface area contributed by atoms with Gasteiger partial charge < -0.3 is 10.2 Å². The van der Waals surface area contributed by atoms with Gasteiger partial charge in [-0.2, -0.15) is 20.5 Å². The van der Waals surface area contributed by atoms with Gasteiger partial charge in [0.25, 0.3) is 11.4 Å². The van der Waals surface area contributed by atoms with Crippen LogP contribution >= 0.6 is 0 Å². The topological polar surface area (TPSA) is 179 Å². The number of nitro groups is 2. The Bertz CT molecular complexity index is 1300. The highest BCUT2D eigenvalue weighted by atomic mass is 16.6. The van der Waals surface area contributed by atoms with Crippen LogP contribution in [-0.2, 0) is 0 Å². The van der Waals surface area contributed by atoms with E-state index in [9.17, 15) is 30.4 Å². The summed E-state index contributed by atoms with van der Waals surface area (Å²) in [5, 5.41) is 56.7. The molecule has 0 heterocycles. The average Bonchev–Trinajstić information content (AvgIpc) is 2.87. The SMILES string of the molecule is O=[N+]([O-])c1ccc(N=Nc2cccc(O)c2)cc1.O=[N+]([O-])c1ccc(N=Nc2cccc([O-])c2)cc1. The molecule has 0 aromatic heterocycles. The van der Waals surface area contributed by atoms with E-state index in [0.717, 1.165) is 0 Å². The molecule has 0 bridgehead atoms. The molecule has 0 aliphatic heterocycles. The fourth-order valence-corrected chi connectivity index (χ4v) is 2.61. The Morgan fingerprint density at radius 3 is 1.39 bits per heavy atom. The molecule has 12 heteroatoms. The molecule has 0 saturated carbocycles. The molecule has 36 heavy (non-hydrogen) atoms. The molecule has 1 N–H and O–H groups in total. The number of azo groups is 2. The van der Waals surface area contributed by atoms with Gasteiger partial charge in [-0.25, -0.2) is 0 Å². The zero-order chi connectivity index (χ0) is 25.9.